The number of carbonyl (C=O) groups is 1. The van der Waals surface area contributed by atoms with Crippen molar-refractivity contribution in [2.45, 2.75) is 75.9 Å². The highest BCUT2D eigenvalue weighted by Gasteiger charge is 2.34. The first kappa shape index (κ1) is 16.7. The predicted octanol–water partition coefficient (Wildman–Crippen LogP) is 3.84. The molecule has 2 N–H and O–H groups in total. The fourth-order valence-electron chi connectivity index (χ4n) is 4.07. The van der Waals surface area contributed by atoms with E-state index in [0.717, 1.165) is 38.5 Å². The van der Waals surface area contributed by atoms with Crippen LogP contribution in [-0.4, -0.2) is 41.1 Å². The number of urea groups is 1. The van der Waals surface area contributed by atoms with Gasteiger partial charge >= 0.3 is 6.03 Å². The monoisotopic (exact) mass is 336 g/mol. The highest BCUT2D eigenvalue weighted by atomic mass is 32.1. The van der Waals surface area contributed by atoms with Gasteiger partial charge in [-0.3, -0.25) is 5.32 Å². The number of anilines is 1. The van der Waals surface area contributed by atoms with Crippen molar-refractivity contribution in [2.24, 2.45) is 0 Å². The lowest BCUT2D eigenvalue weighted by molar-refractivity contribution is 0.108. The standard InChI is InChI=1S/C17H28N4OS/c1-18-13-7-9-15(10-8-13)21(14-5-3-2-4-6-14)17(22)20-16-19-11-12-23-16/h11-15,18H,2-10H2,1H3,(H,19,20,22). The van der Waals surface area contributed by atoms with Gasteiger partial charge in [0.1, 0.15) is 0 Å². The topological polar surface area (TPSA) is 57.3 Å². The summed E-state index contributed by atoms with van der Waals surface area (Å²) in [4.78, 5) is 19.3. The maximum absolute atomic E-state index is 12.9. The van der Waals surface area contributed by atoms with E-state index < -0.39 is 0 Å². The molecular formula is C17H28N4OS. The molecule has 6 heteroatoms. The van der Waals surface area contributed by atoms with Gasteiger partial charge in [0.05, 0.1) is 0 Å². The van der Waals surface area contributed by atoms with Gasteiger partial charge in [0.15, 0.2) is 5.13 Å². The van der Waals surface area contributed by atoms with Gasteiger partial charge in [-0.1, -0.05) is 19.3 Å². The molecule has 2 aliphatic carbocycles. The van der Waals surface area contributed by atoms with Crippen molar-refractivity contribution >= 4 is 22.5 Å². The number of hydrogen-bond donors (Lipinski definition) is 2. The summed E-state index contributed by atoms with van der Waals surface area (Å²) in [5.74, 6) is 0. The molecule has 1 aromatic rings. The Morgan fingerprint density at radius 1 is 1.13 bits per heavy atom. The van der Waals surface area contributed by atoms with E-state index in [2.05, 4.69) is 20.5 Å². The Hall–Kier alpha value is -1.14. The second kappa shape index (κ2) is 8.11. The summed E-state index contributed by atoms with van der Waals surface area (Å²) in [6.07, 6.45) is 12.4. The normalized spacial score (nSPS) is 26.0. The van der Waals surface area contributed by atoms with Crippen LogP contribution in [0.1, 0.15) is 57.8 Å². The SMILES string of the molecule is CNC1CCC(N(C(=O)Nc2nccs2)C2CCCCC2)CC1. The maximum atomic E-state index is 12.9. The fourth-order valence-corrected chi connectivity index (χ4v) is 4.59. The second-order valence-corrected chi connectivity index (χ2v) is 7.66. The molecule has 1 aromatic heterocycles. The van der Waals surface area contributed by atoms with Gasteiger partial charge in [-0.15, -0.1) is 11.3 Å². The van der Waals surface area contributed by atoms with Crippen LogP contribution in [0.3, 0.4) is 0 Å². The van der Waals surface area contributed by atoms with Crippen LogP contribution in [0, 0.1) is 0 Å². The van der Waals surface area contributed by atoms with Gasteiger partial charge in [-0.25, -0.2) is 9.78 Å². The van der Waals surface area contributed by atoms with Gasteiger partial charge in [-0.2, -0.15) is 0 Å². The summed E-state index contributed by atoms with van der Waals surface area (Å²) in [5, 5.41) is 9.01. The van der Waals surface area contributed by atoms with E-state index in [1.54, 1.807) is 6.20 Å². The number of hydrogen-bond acceptors (Lipinski definition) is 4. The van der Waals surface area contributed by atoms with E-state index >= 15 is 0 Å². The van der Waals surface area contributed by atoms with Crippen LogP contribution >= 0.6 is 11.3 Å². The Kier molecular flexibility index (Phi) is 5.89. The van der Waals surface area contributed by atoms with Crippen molar-refractivity contribution in [1.82, 2.24) is 15.2 Å². The van der Waals surface area contributed by atoms with E-state index in [1.807, 2.05) is 12.4 Å². The molecule has 0 unspecified atom stereocenters. The molecule has 2 saturated carbocycles. The zero-order chi connectivity index (χ0) is 16.1. The van der Waals surface area contributed by atoms with Crippen LogP contribution < -0.4 is 10.6 Å². The zero-order valence-corrected chi connectivity index (χ0v) is 14.8. The fraction of sp³-hybridized carbons (Fsp3) is 0.765. The summed E-state index contributed by atoms with van der Waals surface area (Å²) in [6.45, 7) is 0. The van der Waals surface area contributed by atoms with Gasteiger partial charge in [-0.05, 0) is 45.6 Å². The Bertz CT molecular complexity index is 479. The molecule has 2 amide bonds. The Morgan fingerprint density at radius 2 is 1.83 bits per heavy atom. The molecule has 2 fully saturated rings. The number of rotatable bonds is 4. The molecule has 2 aliphatic rings. The summed E-state index contributed by atoms with van der Waals surface area (Å²) in [6, 6.07) is 1.45. The number of carbonyl (C=O) groups excluding carboxylic acids is 1. The number of thiazole rings is 1. The van der Waals surface area contributed by atoms with Crippen LogP contribution in [0.5, 0.6) is 0 Å². The summed E-state index contributed by atoms with van der Waals surface area (Å²) >= 11 is 1.49. The third-order valence-electron chi connectivity index (χ3n) is 5.35. The van der Waals surface area contributed by atoms with Gasteiger partial charge in [0.2, 0.25) is 0 Å². The molecule has 0 atom stereocenters. The molecule has 128 valence electrons. The molecule has 5 nitrogen and oxygen atoms in total. The highest BCUT2D eigenvalue weighted by Crippen LogP contribution is 2.31. The van der Waals surface area contributed by atoms with Crippen molar-refractivity contribution < 1.29 is 4.79 Å². The Labute approximate surface area is 142 Å². The minimum Gasteiger partial charge on any atom is -0.319 e. The molecule has 0 aliphatic heterocycles. The lowest BCUT2D eigenvalue weighted by Crippen LogP contribution is -2.52. The minimum absolute atomic E-state index is 0.0553. The van der Waals surface area contributed by atoms with Crippen LogP contribution in [0.4, 0.5) is 9.93 Å². The van der Waals surface area contributed by atoms with E-state index in [0.29, 0.717) is 23.3 Å². The zero-order valence-electron chi connectivity index (χ0n) is 14.0. The molecule has 3 rings (SSSR count). The van der Waals surface area contributed by atoms with Crippen LogP contribution in [-0.2, 0) is 0 Å². The van der Waals surface area contributed by atoms with E-state index in [9.17, 15) is 4.79 Å². The number of nitrogens with one attached hydrogen (secondary N) is 2. The van der Waals surface area contributed by atoms with Crippen molar-refractivity contribution in [3.63, 3.8) is 0 Å². The molecule has 0 spiro atoms. The highest BCUT2D eigenvalue weighted by molar-refractivity contribution is 7.13. The first-order valence-electron chi connectivity index (χ1n) is 8.94. The average molecular weight is 337 g/mol. The smallest absolute Gasteiger partial charge is 0.319 e. The third kappa shape index (κ3) is 4.23. The van der Waals surface area contributed by atoms with Crippen LogP contribution in [0.15, 0.2) is 11.6 Å². The van der Waals surface area contributed by atoms with Crippen molar-refractivity contribution in [3.8, 4) is 0 Å². The third-order valence-corrected chi connectivity index (χ3v) is 6.04. The van der Waals surface area contributed by atoms with E-state index in [4.69, 9.17) is 0 Å². The summed E-state index contributed by atoms with van der Waals surface area (Å²) < 4.78 is 0. The molecule has 1 heterocycles. The van der Waals surface area contributed by atoms with Gasteiger partial charge in [0, 0.05) is 29.7 Å². The first-order valence-corrected chi connectivity index (χ1v) is 9.82. The predicted molar refractivity (Wildman–Crippen MR) is 94.9 cm³/mol. The average Bonchev–Trinajstić information content (AvgIpc) is 3.10. The maximum Gasteiger partial charge on any atom is 0.324 e. The summed E-state index contributed by atoms with van der Waals surface area (Å²) in [7, 11) is 2.04. The molecule has 23 heavy (non-hydrogen) atoms. The van der Waals surface area contributed by atoms with Gasteiger partial charge in [0.25, 0.3) is 0 Å². The first-order chi connectivity index (χ1) is 11.3. The van der Waals surface area contributed by atoms with Crippen molar-refractivity contribution in [2.75, 3.05) is 12.4 Å². The number of aromatic nitrogens is 1. The van der Waals surface area contributed by atoms with Gasteiger partial charge < -0.3 is 10.2 Å². The van der Waals surface area contributed by atoms with E-state index in [-0.39, 0.29) is 6.03 Å². The molecular weight excluding hydrogens is 308 g/mol. The second-order valence-electron chi connectivity index (χ2n) is 6.76. The van der Waals surface area contributed by atoms with Crippen LogP contribution in [0.2, 0.25) is 0 Å². The minimum atomic E-state index is 0.0553. The molecule has 0 radical (unpaired) electrons. The number of amides is 2. The quantitative estimate of drug-likeness (QED) is 0.878. The molecule has 0 saturated heterocycles. The Balaban J connectivity index is 1.69. The van der Waals surface area contributed by atoms with E-state index in [1.165, 1.54) is 30.6 Å². The van der Waals surface area contributed by atoms with Crippen molar-refractivity contribution in [1.29, 1.82) is 0 Å². The lowest BCUT2D eigenvalue weighted by atomic mass is 9.87. The number of nitrogens with zero attached hydrogens (tertiary/aromatic N) is 2. The largest absolute Gasteiger partial charge is 0.324 e. The molecule has 0 aromatic carbocycles. The summed E-state index contributed by atoms with van der Waals surface area (Å²) in [5.41, 5.74) is 0. The van der Waals surface area contributed by atoms with Crippen LogP contribution in [0.25, 0.3) is 0 Å². The molecule has 0 bridgehead atoms. The lowest BCUT2D eigenvalue weighted by Gasteiger charge is -2.42. The Morgan fingerprint density at radius 3 is 2.43 bits per heavy atom. The van der Waals surface area contributed by atoms with Crippen molar-refractivity contribution in [3.05, 3.63) is 11.6 Å².